The van der Waals surface area contributed by atoms with E-state index in [4.69, 9.17) is 4.74 Å². The van der Waals surface area contributed by atoms with Gasteiger partial charge in [-0.2, -0.15) is 4.80 Å². The van der Waals surface area contributed by atoms with E-state index in [0.717, 1.165) is 37.1 Å². The first-order chi connectivity index (χ1) is 19.4. The average molecular weight is 547 g/mol. The molecule has 0 spiro atoms. The molecule has 3 aliphatic rings. The number of carboxylic acids is 2. The van der Waals surface area contributed by atoms with E-state index in [1.165, 1.54) is 0 Å². The first kappa shape index (κ1) is 26.4. The molecule has 3 heterocycles. The number of carboxylic acid groups (broad SMARTS) is 2. The molecule has 11 nitrogen and oxygen atoms in total. The summed E-state index contributed by atoms with van der Waals surface area (Å²) in [5, 5.41) is 35.7. The number of tetrazole rings is 1. The van der Waals surface area contributed by atoms with Crippen LogP contribution < -0.4 is 10.1 Å². The maximum Gasteiger partial charge on any atom is 0.321 e. The summed E-state index contributed by atoms with van der Waals surface area (Å²) in [6, 6.07) is 15.8. The van der Waals surface area contributed by atoms with Crippen LogP contribution in [0.25, 0.3) is 11.4 Å². The molecule has 0 bridgehead atoms. The van der Waals surface area contributed by atoms with Gasteiger partial charge >= 0.3 is 11.9 Å². The van der Waals surface area contributed by atoms with Crippen LogP contribution in [0.5, 0.6) is 11.5 Å². The zero-order valence-electron chi connectivity index (χ0n) is 22.2. The van der Waals surface area contributed by atoms with E-state index in [0.29, 0.717) is 55.3 Å². The fraction of sp³-hybridized carbons (Fsp3) is 0.483. The van der Waals surface area contributed by atoms with Crippen molar-refractivity contribution in [3.63, 3.8) is 0 Å². The molecule has 210 valence electrons. The summed E-state index contributed by atoms with van der Waals surface area (Å²) in [5.41, 5.74) is 0.801. The van der Waals surface area contributed by atoms with Crippen LogP contribution in [0.1, 0.15) is 38.1 Å². The summed E-state index contributed by atoms with van der Waals surface area (Å²) in [4.78, 5) is 27.3. The lowest BCUT2D eigenvalue weighted by Crippen LogP contribution is -2.50. The fourth-order valence-electron chi connectivity index (χ4n) is 6.64. The van der Waals surface area contributed by atoms with Crippen molar-refractivity contribution in [3.05, 3.63) is 54.6 Å². The predicted molar refractivity (Wildman–Crippen MR) is 145 cm³/mol. The van der Waals surface area contributed by atoms with Gasteiger partial charge in [0.1, 0.15) is 23.6 Å². The molecule has 0 unspecified atom stereocenters. The Labute approximate surface area is 232 Å². The van der Waals surface area contributed by atoms with E-state index < -0.39 is 24.0 Å². The number of aliphatic carboxylic acids is 2. The third-order valence-electron chi connectivity index (χ3n) is 8.72. The molecule has 2 aliphatic heterocycles. The monoisotopic (exact) mass is 546 g/mol. The van der Waals surface area contributed by atoms with Gasteiger partial charge in [0.2, 0.25) is 5.82 Å². The van der Waals surface area contributed by atoms with Crippen molar-refractivity contribution in [2.24, 2.45) is 17.8 Å². The molecule has 6 atom stereocenters. The van der Waals surface area contributed by atoms with Crippen LogP contribution in [0.2, 0.25) is 0 Å². The minimum Gasteiger partial charge on any atom is -0.480 e. The Kier molecular flexibility index (Phi) is 7.48. The summed E-state index contributed by atoms with van der Waals surface area (Å²) in [5.74, 6) is 1.54. The Bertz CT molecular complexity index is 1330. The number of benzene rings is 2. The SMILES string of the molecule is O=C(O)[C@@H]1C[C@H]2C[C@@H](CN3C[C@@H](n4nnc(-c5ccc(Oc6ccccc6)cc5)n4)C[C@H]3C(=O)O)CC[C@H]2CN1. The summed E-state index contributed by atoms with van der Waals surface area (Å²) in [6.07, 6.45) is 4.08. The lowest BCUT2D eigenvalue weighted by atomic mass is 9.69. The second-order valence-corrected chi connectivity index (χ2v) is 11.3. The highest BCUT2D eigenvalue weighted by Crippen LogP contribution is 2.40. The van der Waals surface area contributed by atoms with Gasteiger partial charge in [-0.3, -0.25) is 14.5 Å². The number of nitrogens with zero attached hydrogens (tertiary/aromatic N) is 5. The third kappa shape index (κ3) is 5.71. The molecule has 3 fully saturated rings. The van der Waals surface area contributed by atoms with Crippen molar-refractivity contribution in [1.82, 2.24) is 30.4 Å². The maximum atomic E-state index is 12.2. The topological polar surface area (TPSA) is 143 Å². The molecule has 0 amide bonds. The zero-order chi connectivity index (χ0) is 27.6. The molecule has 3 N–H and O–H groups in total. The Morgan fingerprint density at radius 3 is 2.45 bits per heavy atom. The van der Waals surface area contributed by atoms with Crippen molar-refractivity contribution >= 4 is 11.9 Å². The average Bonchev–Trinajstić information content (AvgIpc) is 3.62. The lowest BCUT2D eigenvalue weighted by molar-refractivity contribution is -0.143. The highest BCUT2D eigenvalue weighted by molar-refractivity contribution is 5.74. The normalized spacial score (nSPS) is 28.6. The number of hydrogen-bond donors (Lipinski definition) is 3. The van der Waals surface area contributed by atoms with E-state index in [1.54, 1.807) is 4.80 Å². The number of fused-ring (bicyclic) bond motifs is 1. The number of piperidine rings is 1. The minimum atomic E-state index is -0.835. The van der Waals surface area contributed by atoms with E-state index in [-0.39, 0.29) is 6.04 Å². The van der Waals surface area contributed by atoms with Crippen molar-refractivity contribution in [3.8, 4) is 22.9 Å². The largest absolute Gasteiger partial charge is 0.480 e. The van der Waals surface area contributed by atoms with Crippen molar-refractivity contribution < 1.29 is 24.5 Å². The number of nitrogens with one attached hydrogen (secondary N) is 1. The third-order valence-corrected chi connectivity index (χ3v) is 8.72. The van der Waals surface area contributed by atoms with Gasteiger partial charge in [-0.15, -0.1) is 10.2 Å². The second-order valence-electron chi connectivity index (χ2n) is 11.3. The van der Waals surface area contributed by atoms with E-state index in [1.807, 2.05) is 59.5 Å². The van der Waals surface area contributed by atoms with Crippen molar-refractivity contribution in [2.75, 3.05) is 19.6 Å². The van der Waals surface area contributed by atoms with Gasteiger partial charge in [0.05, 0.1) is 6.04 Å². The molecule has 11 heteroatoms. The molecule has 1 aromatic heterocycles. The molecule has 2 saturated heterocycles. The highest BCUT2D eigenvalue weighted by Gasteiger charge is 2.42. The van der Waals surface area contributed by atoms with Crippen LogP contribution in [0.3, 0.4) is 0 Å². The first-order valence-corrected chi connectivity index (χ1v) is 14.0. The second kappa shape index (κ2) is 11.3. The van der Waals surface area contributed by atoms with Gasteiger partial charge in [-0.05, 0) is 98.0 Å². The Morgan fingerprint density at radius 2 is 1.70 bits per heavy atom. The number of para-hydroxylation sites is 1. The van der Waals surface area contributed by atoms with Crippen LogP contribution in [0.15, 0.2) is 54.6 Å². The van der Waals surface area contributed by atoms with Gasteiger partial charge in [0.25, 0.3) is 0 Å². The van der Waals surface area contributed by atoms with Crippen molar-refractivity contribution in [1.29, 1.82) is 0 Å². The van der Waals surface area contributed by atoms with Crippen LogP contribution in [0.4, 0.5) is 0 Å². The van der Waals surface area contributed by atoms with E-state index >= 15 is 0 Å². The quantitative estimate of drug-likeness (QED) is 0.385. The minimum absolute atomic E-state index is 0.186. The summed E-state index contributed by atoms with van der Waals surface area (Å²) in [6.45, 7) is 1.98. The number of hydrogen-bond acceptors (Lipinski definition) is 8. The van der Waals surface area contributed by atoms with Gasteiger partial charge in [0, 0.05) is 18.7 Å². The van der Waals surface area contributed by atoms with Crippen molar-refractivity contribution in [2.45, 2.75) is 50.2 Å². The van der Waals surface area contributed by atoms with E-state index in [2.05, 4.69) is 20.7 Å². The Hall–Kier alpha value is -3.83. The standard InChI is InChI=1S/C29H34N6O5/c36-28(37)25-13-21-12-18(6-7-20(21)15-30-25)16-34-17-22(14-26(34)29(38)39)35-32-27(31-33-35)19-8-10-24(11-9-19)40-23-4-2-1-3-5-23/h1-5,8-11,18,20-22,25-26,30H,6-7,12-17H2,(H,36,37)(H,38,39)/t18-,20-,21+,22-,25-,26-/m0/s1. The van der Waals surface area contributed by atoms with Crippen LogP contribution in [-0.4, -0.2) is 79.0 Å². The Morgan fingerprint density at radius 1 is 0.925 bits per heavy atom. The van der Waals surface area contributed by atoms with Crippen LogP contribution >= 0.6 is 0 Å². The molecule has 0 radical (unpaired) electrons. The molecular weight excluding hydrogens is 512 g/mol. The highest BCUT2D eigenvalue weighted by atomic mass is 16.5. The maximum absolute atomic E-state index is 12.2. The molecule has 2 aromatic carbocycles. The van der Waals surface area contributed by atoms with Gasteiger partial charge in [0.15, 0.2) is 0 Å². The number of carbonyl (C=O) groups is 2. The fourth-order valence-corrected chi connectivity index (χ4v) is 6.64. The van der Waals surface area contributed by atoms with Crippen LogP contribution in [0, 0.1) is 17.8 Å². The number of aromatic nitrogens is 4. The number of ether oxygens (including phenoxy) is 1. The molecule has 1 aliphatic carbocycles. The molecule has 1 saturated carbocycles. The molecule has 3 aromatic rings. The van der Waals surface area contributed by atoms with Crippen LogP contribution in [-0.2, 0) is 9.59 Å². The summed E-state index contributed by atoms with van der Waals surface area (Å²) in [7, 11) is 0. The number of likely N-dealkylation sites (tertiary alicyclic amines) is 1. The smallest absolute Gasteiger partial charge is 0.321 e. The van der Waals surface area contributed by atoms with Gasteiger partial charge in [-0.1, -0.05) is 18.2 Å². The van der Waals surface area contributed by atoms with Gasteiger partial charge < -0.3 is 20.3 Å². The lowest BCUT2D eigenvalue weighted by Gasteiger charge is -2.42. The zero-order valence-corrected chi connectivity index (χ0v) is 22.2. The molecule has 40 heavy (non-hydrogen) atoms. The summed E-state index contributed by atoms with van der Waals surface area (Å²) >= 11 is 0. The molecule has 6 rings (SSSR count). The van der Waals surface area contributed by atoms with E-state index in [9.17, 15) is 19.8 Å². The summed E-state index contributed by atoms with van der Waals surface area (Å²) < 4.78 is 5.86. The number of rotatable bonds is 8. The Balaban J connectivity index is 1.09. The molecular formula is C29H34N6O5. The van der Waals surface area contributed by atoms with Gasteiger partial charge in [-0.25, -0.2) is 0 Å². The predicted octanol–water partition coefficient (Wildman–Crippen LogP) is 3.31. The first-order valence-electron chi connectivity index (χ1n) is 14.0.